The Morgan fingerprint density at radius 1 is 0.897 bits per heavy atom. The molecule has 0 saturated heterocycles. The first kappa shape index (κ1) is 30.9. The van der Waals surface area contributed by atoms with E-state index in [2.05, 4.69) is 36.3 Å². The average Bonchev–Trinajstić information content (AvgIpc) is 3.36. The molecule has 0 spiro atoms. The van der Waals surface area contributed by atoms with Crippen LogP contribution < -0.4 is 14.8 Å². The van der Waals surface area contributed by atoms with E-state index in [-0.39, 0.29) is 5.91 Å². The molecule has 0 aliphatic carbocycles. The van der Waals surface area contributed by atoms with Gasteiger partial charge in [0.15, 0.2) is 11.5 Å². The number of para-hydroxylation sites is 2. The topological polar surface area (TPSA) is 50.8 Å². The minimum Gasteiger partial charge on any atom is -0.493 e. The smallest absolute Gasteiger partial charge is 0.259 e. The standard InChI is InChI=1S/C33H48N2O3S/c1-4-5-6-7-8-9-10-11-12-13-14-17-23-38-32-29(20-18-22-31(32)37-3)33(36)34-30-21-16-15-19-28(30)25-35-24-27(2)39-26-35/h15-16,18-22,24H,4-14,17,23,25-26H2,1-3H3,(H,34,36). The molecule has 0 saturated carbocycles. The van der Waals surface area contributed by atoms with Gasteiger partial charge in [0.05, 0.1) is 25.2 Å². The number of allylic oxidation sites excluding steroid dienone is 1. The molecule has 6 heteroatoms. The summed E-state index contributed by atoms with van der Waals surface area (Å²) in [6.07, 6.45) is 17.8. The fourth-order valence-corrected chi connectivity index (χ4v) is 5.68. The Morgan fingerprint density at radius 3 is 2.21 bits per heavy atom. The summed E-state index contributed by atoms with van der Waals surface area (Å²) in [5.41, 5.74) is 2.40. The number of thioether (sulfide) groups is 1. The zero-order chi connectivity index (χ0) is 27.7. The molecule has 0 atom stereocenters. The van der Waals surface area contributed by atoms with Crippen molar-refractivity contribution in [1.29, 1.82) is 0 Å². The predicted octanol–water partition coefficient (Wildman–Crippen LogP) is 9.39. The highest BCUT2D eigenvalue weighted by Gasteiger charge is 2.19. The molecule has 3 rings (SSSR count). The van der Waals surface area contributed by atoms with E-state index in [0.29, 0.717) is 23.7 Å². The number of anilines is 1. The molecular formula is C33H48N2O3S. The molecular weight excluding hydrogens is 504 g/mol. The third-order valence-electron chi connectivity index (χ3n) is 7.15. The van der Waals surface area contributed by atoms with E-state index in [0.717, 1.165) is 36.5 Å². The lowest BCUT2D eigenvalue weighted by atomic mass is 10.1. The van der Waals surface area contributed by atoms with E-state index in [9.17, 15) is 4.79 Å². The number of carbonyl (C=O) groups is 1. The summed E-state index contributed by atoms with van der Waals surface area (Å²) in [6, 6.07) is 13.5. The predicted molar refractivity (Wildman–Crippen MR) is 166 cm³/mol. The summed E-state index contributed by atoms with van der Waals surface area (Å²) in [5.74, 6) is 1.85. The van der Waals surface area contributed by atoms with Crippen LogP contribution in [0, 0.1) is 0 Å². The van der Waals surface area contributed by atoms with Crippen LogP contribution in [0.1, 0.15) is 107 Å². The number of amides is 1. The van der Waals surface area contributed by atoms with Crippen LogP contribution in [0.4, 0.5) is 5.69 Å². The second-order valence-corrected chi connectivity index (χ2v) is 11.6. The number of rotatable bonds is 19. The van der Waals surface area contributed by atoms with E-state index in [1.165, 1.54) is 69.1 Å². The average molecular weight is 553 g/mol. The number of nitrogens with one attached hydrogen (secondary N) is 1. The van der Waals surface area contributed by atoms with Gasteiger partial charge in [0.2, 0.25) is 0 Å². The van der Waals surface area contributed by atoms with Crippen LogP contribution in [-0.4, -0.2) is 30.4 Å². The van der Waals surface area contributed by atoms with Crippen molar-refractivity contribution in [1.82, 2.24) is 4.90 Å². The SMILES string of the molecule is CCCCCCCCCCCCCCOc1c(OC)cccc1C(=O)Nc1ccccc1CN1C=C(C)SC1. The number of ether oxygens (including phenoxy) is 2. The van der Waals surface area contributed by atoms with Crippen molar-refractivity contribution in [2.75, 3.05) is 24.9 Å². The highest BCUT2D eigenvalue weighted by molar-refractivity contribution is 8.03. The van der Waals surface area contributed by atoms with Gasteiger partial charge in [-0.25, -0.2) is 0 Å². The van der Waals surface area contributed by atoms with Crippen LogP contribution >= 0.6 is 11.8 Å². The van der Waals surface area contributed by atoms with E-state index in [1.54, 1.807) is 13.2 Å². The van der Waals surface area contributed by atoms with Crippen molar-refractivity contribution < 1.29 is 14.3 Å². The first-order valence-corrected chi connectivity index (χ1v) is 15.8. The van der Waals surface area contributed by atoms with Crippen LogP contribution in [0.15, 0.2) is 53.6 Å². The second kappa shape index (κ2) is 17.9. The molecule has 1 aliphatic heterocycles. The van der Waals surface area contributed by atoms with Gasteiger partial charge < -0.3 is 19.7 Å². The number of carbonyl (C=O) groups excluding carboxylic acids is 1. The van der Waals surface area contributed by atoms with E-state index < -0.39 is 0 Å². The molecule has 0 fully saturated rings. The number of nitrogens with zero attached hydrogens (tertiary/aromatic N) is 1. The van der Waals surface area contributed by atoms with Crippen LogP contribution in [-0.2, 0) is 6.54 Å². The fourth-order valence-electron chi connectivity index (χ4n) is 4.92. The molecule has 2 aromatic carbocycles. The van der Waals surface area contributed by atoms with Crippen molar-refractivity contribution in [3.8, 4) is 11.5 Å². The lowest BCUT2D eigenvalue weighted by molar-refractivity contribution is 0.102. The highest BCUT2D eigenvalue weighted by atomic mass is 32.2. The summed E-state index contributed by atoms with van der Waals surface area (Å²) < 4.78 is 11.7. The summed E-state index contributed by atoms with van der Waals surface area (Å²) in [6.45, 7) is 5.72. The lowest BCUT2D eigenvalue weighted by Gasteiger charge is -2.19. The molecule has 1 heterocycles. The molecule has 5 nitrogen and oxygen atoms in total. The largest absolute Gasteiger partial charge is 0.493 e. The Morgan fingerprint density at radius 2 is 1.56 bits per heavy atom. The maximum Gasteiger partial charge on any atom is 0.259 e. The Hall–Kier alpha value is -2.60. The number of methoxy groups -OCH3 is 1. The molecule has 1 amide bonds. The van der Waals surface area contributed by atoms with Gasteiger partial charge in [-0.2, -0.15) is 0 Å². The minimum absolute atomic E-state index is 0.187. The van der Waals surface area contributed by atoms with Gasteiger partial charge in [0, 0.05) is 18.4 Å². The monoisotopic (exact) mass is 552 g/mol. The molecule has 2 aromatic rings. The van der Waals surface area contributed by atoms with Crippen LogP contribution in [0.5, 0.6) is 11.5 Å². The van der Waals surface area contributed by atoms with Crippen LogP contribution in [0.2, 0.25) is 0 Å². The zero-order valence-corrected chi connectivity index (χ0v) is 25.1. The van der Waals surface area contributed by atoms with Crippen molar-refractivity contribution in [3.63, 3.8) is 0 Å². The second-order valence-electron chi connectivity index (χ2n) is 10.4. The Bertz CT molecular complexity index is 1040. The van der Waals surface area contributed by atoms with Crippen LogP contribution in [0.25, 0.3) is 0 Å². The number of hydrogen-bond acceptors (Lipinski definition) is 5. The quantitative estimate of drug-likeness (QED) is 0.176. The van der Waals surface area contributed by atoms with Gasteiger partial charge >= 0.3 is 0 Å². The Labute approximate surface area is 240 Å². The van der Waals surface area contributed by atoms with Gasteiger partial charge in [-0.05, 0) is 42.0 Å². The molecule has 0 radical (unpaired) electrons. The Balaban J connectivity index is 1.46. The van der Waals surface area contributed by atoms with Gasteiger partial charge in [-0.3, -0.25) is 4.79 Å². The third kappa shape index (κ3) is 10.8. The van der Waals surface area contributed by atoms with Gasteiger partial charge in [-0.15, -0.1) is 11.8 Å². The molecule has 1 N–H and O–H groups in total. The minimum atomic E-state index is -0.187. The first-order valence-electron chi connectivity index (χ1n) is 14.9. The first-order chi connectivity index (χ1) is 19.1. The summed E-state index contributed by atoms with van der Waals surface area (Å²) in [5, 5.41) is 3.12. The van der Waals surface area contributed by atoms with Gasteiger partial charge in [-0.1, -0.05) is 102 Å². The third-order valence-corrected chi connectivity index (χ3v) is 8.17. The molecule has 0 aromatic heterocycles. The molecule has 0 bridgehead atoms. The zero-order valence-electron chi connectivity index (χ0n) is 24.3. The molecule has 0 unspecified atom stereocenters. The van der Waals surface area contributed by atoms with E-state index in [4.69, 9.17) is 9.47 Å². The lowest BCUT2D eigenvalue weighted by Crippen LogP contribution is -2.18. The summed E-state index contributed by atoms with van der Waals surface area (Å²) in [7, 11) is 1.62. The van der Waals surface area contributed by atoms with Crippen LogP contribution in [0.3, 0.4) is 0 Å². The number of unbranched alkanes of at least 4 members (excludes halogenated alkanes) is 11. The molecule has 214 valence electrons. The Kier molecular flexibility index (Phi) is 14.2. The van der Waals surface area contributed by atoms with Gasteiger partial charge in [0.1, 0.15) is 0 Å². The van der Waals surface area contributed by atoms with Crippen molar-refractivity contribution in [2.24, 2.45) is 0 Å². The van der Waals surface area contributed by atoms with Crippen molar-refractivity contribution in [3.05, 3.63) is 64.7 Å². The molecule has 1 aliphatic rings. The maximum atomic E-state index is 13.4. The summed E-state index contributed by atoms with van der Waals surface area (Å²) >= 11 is 1.84. The van der Waals surface area contributed by atoms with Gasteiger partial charge in [0.25, 0.3) is 5.91 Å². The fraction of sp³-hybridized carbons (Fsp3) is 0.545. The highest BCUT2D eigenvalue weighted by Crippen LogP contribution is 2.33. The summed E-state index contributed by atoms with van der Waals surface area (Å²) in [4.78, 5) is 17.0. The van der Waals surface area contributed by atoms with E-state index in [1.807, 2.05) is 42.1 Å². The number of benzene rings is 2. The normalized spacial score (nSPS) is 12.9. The maximum absolute atomic E-state index is 13.4. The van der Waals surface area contributed by atoms with Crippen molar-refractivity contribution in [2.45, 2.75) is 97.4 Å². The molecule has 39 heavy (non-hydrogen) atoms. The van der Waals surface area contributed by atoms with Crippen molar-refractivity contribution >= 4 is 23.4 Å². The number of hydrogen-bond donors (Lipinski definition) is 1. The van der Waals surface area contributed by atoms with E-state index >= 15 is 0 Å².